The average Bonchev–Trinajstić information content (AvgIpc) is 2.53. The molecule has 1 aromatic carbocycles. The second-order valence-electron chi connectivity index (χ2n) is 6.18. The quantitative estimate of drug-likeness (QED) is 0.337. The Hall–Kier alpha value is -1.06. The number of fused-ring (bicyclic) bond motifs is 1. The second kappa shape index (κ2) is 10.7. The lowest BCUT2D eigenvalue weighted by atomic mass is 10.0. The third-order valence-corrected chi connectivity index (χ3v) is 3.51. The molecule has 1 heterocycles. The van der Waals surface area contributed by atoms with Crippen molar-refractivity contribution >= 4 is 29.9 Å². The third kappa shape index (κ3) is 6.82. The van der Waals surface area contributed by atoms with Gasteiger partial charge in [0.25, 0.3) is 0 Å². The number of benzene rings is 1. The lowest BCUT2D eigenvalue weighted by molar-refractivity contribution is 0.0301. The first kappa shape index (κ1) is 21.0. The molecule has 0 saturated carbocycles. The molecule has 7 heteroatoms. The van der Waals surface area contributed by atoms with E-state index in [0.29, 0.717) is 25.1 Å². The summed E-state index contributed by atoms with van der Waals surface area (Å²) in [5, 5.41) is 13.0. The number of nitrogens with zero attached hydrogens (tertiary/aromatic N) is 1. The van der Waals surface area contributed by atoms with Crippen molar-refractivity contribution < 1.29 is 14.6 Å². The summed E-state index contributed by atoms with van der Waals surface area (Å²) in [6.07, 6.45) is 0.184. The molecule has 2 unspecified atom stereocenters. The van der Waals surface area contributed by atoms with Crippen LogP contribution in [-0.2, 0) is 4.74 Å². The zero-order chi connectivity index (χ0) is 16.7. The topological polar surface area (TPSA) is 89.1 Å². The number of ether oxygens (including phenoxy) is 2. The first-order valence-corrected chi connectivity index (χ1v) is 8.10. The summed E-state index contributed by atoms with van der Waals surface area (Å²) < 4.78 is 11.0. The van der Waals surface area contributed by atoms with Gasteiger partial charge >= 0.3 is 0 Å². The minimum atomic E-state index is -0.643. The predicted molar refractivity (Wildman–Crippen MR) is 106 cm³/mol. The fraction of sp³-hybridized carbons (Fsp3) is 0.588. The van der Waals surface area contributed by atoms with E-state index in [0.717, 1.165) is 17.7 Å². The Morgan fingerprint density at radius 2 is 2.17 bits per heavy atom. The van der Waals surface area contributed by atoms with Crippen LogP contribution in [0.15, 0.2) is 29.3 Å². The van der Waals surface area contributed by atoms with Crippen molar-refractivity contribution in [3.8, 4) is 5.75 Å². The number of nitrogens with two attached hydrogens (primary N) is 1. The minimum Gasteiger partial charge on any atom is -0.493 e. The highest BCUT2D eigenvalue weighted by molar-refractivity contribution is 14.0. The van der Waals surface area contributed by atoms with Crippen LogP contribution in [0.1, 0.15) is 31.9 Å². The summed E-state index contributed by atoms with van der Waals surface area (Å²) >= 11 is 0. The number of rotatable bonds is 7. The summed E-state index contributed by atoms with van der Waals surface area (Å²) in [4.78, 5) is 4.20. The Labute approximate surface area is 160 Å². The third-order valence-electron chi connectivity index (χ3n) is 3.51. The van der Waals surface area contributed by atoms with Crippen LogP contribution in [-0.4, -0.2) is 43.5 Å². The van der Waals surface area contributed by atoms with Crippen LogP contribution in [0.5, 0.6) is 5.75 Å². The van der Waals surface area contributed by atoms with Gasteiger partial charge in [-0.05, 0) is 12.0 Å². The highest BCUT2D eigenvalue weighted by Gasteiger charge is 2.21. The SMILES string of the molecule is CC(C)COCC(O)CN=C(N)NC1CCOc2ccccc21.I. The highest BCUT2D eigenvalue weighted by Crippen LogP contribution is 2.31. The van der Waals surface area contributed by atoms with E-state index in [1.807, 2.05) is 24.3 Å². The van der Waals surface area contributed by atoms with E-state index in [-0.39, 0.29) is 43.2 Å². The predicted octanol–water partition coefficient (Wildman–Crippen LogP) is 2.07. The van der Waals surface area contributed by atoms with Crippen molar-refractivity contribution in [1.82, 2.24) is 5.32 Å². The molecule has 0 aromatic heterocycles. The van der Waals surface area contributed by atoms with E-state index < -0.39 is 6.10 Å². The maximum Gasteiger partial charge on any atom is 0.189 e. The summed E-state index contributed by atoms with van der Waals surface area (Å²) in [6.45, 7) is 5.91. The van der Waals surface area contributed by atoms with Crippen LogP contribution >= 0.6 is 24.0 Å². The van der Waals surface area contributed by atoms with Crippen molar-refractivity contribution in [2.45, 2.75) is 32.4 Å². The maximum absolute atomic E-state index is 9.84. The zero-order valence-corrected chi connectivity index (χ0v) is 16.6. The monoisotopic (exact) mass is 449 g/mol. The molecular formula is C17H28IN3O3. The molecule has 4 N–H and O–H groups in total. The number of aliphatic hydroxyl groups excluding tert-OH is 1. The molecule has 1 aliphatic rings. The molecule has 1 aromatic rings. The van der Waals surface area contributed by atoms with E-state index in [1.165, 1.54) is 0 Å². The van der Waals surface area contributed by atoms with E-state index >= 15 is 0 Å². The molecule has 0 fully saturated rings. The van der Waals surface area contributed by atoms with Crippen LogP contribution in [0.25, 0.3) is 0 Å². The molecule has 0 spiro atoms. The lowest BCUT2D eigenvalue weighted by Gasteiger charge is -2.27. The first-order valence-electron chi connectivity index (χ1n) is 8.10. The Morgan fingerprint density at radius 3 is 2.92 bits per heavy atom. The molecule has 0 saturated heterocycles. The number of aliphatic imine (C=N–C) groups is 1. The number of aliphatic hydroxyl groups is 1. The van der Waals surface area contributed by atoms with Gasteiger partial charge < -0.3 is 25.6 Å². The van der Waals surface area contributed by atoms with Crippen LogP contribution < -0.4 is 15.8 Å². The van der Waals surface area contributed by atoms with E-state index in [1.54, 1.807) is 0 Å². The van der Waals surface area contributed by atoms with E-state index in [4.69, 9.17) is 15.2 Å². The zero-order valence-electron chi connectivity index (χ0n) is 14.3. The van der Waals surface area contributed by atoms with Crippen LogP contribution in [0.4, 0.5) is 0 Å². The number of halogens is 1. The van der Waals surface area contributed by atoms with Gasteiger partial charge in [-0.25, -0.2) is 0 Å². The van der Waals surface area contributed by atoms with E-state index in [2.05, 4.69) is 24.2 Å². The van der Waals surface area contributed by atoms with Gasteiger partial charge in [-0.3, -0.25) is 4.99 Å². The van der Waals surface area contributed by atoms with Gasteiger partial charge in [0, 0.05) is 18.6 Å². The van der Waals surface area contributed by atoms with Gasteiger partial charge in [-0.15, -0.1) is 24.0 Å². The van der Waals surface area contributed by atoms with Gasteiger partial charge in [0.05, 0.1) is 31.9 Å². The van der Waals surface area contributed by atoms with Crippen molar-refractivity contribution in [2.24, 2.45) is 16.6 Å². The van der Waals surface area contributed by atoms with Crippen LogP contribution in [0, 0.1) is 5.92 Å². The molecule has 0 radical (unpaired) electrons. The standard InChI is InChI=1S/C17H27N3O3.HI/c1-12(2)10-22-11-13(21)9-19-17(18)20-15-7-8-23-16-6-4-3-5-14(15)16;/h3-6,12-13,15,21H,7-11H2,1-2H3,(H3,18,19,20);1H. The maximum atomic E-state index is 9.84. The molecule has 0 amide bonds. The molecule has 1 aliphatic heterocycles. The molecule has 136 valence electrons. The fourth-order valence-corrected chi connectivity index (χ4v) is 2.41. The average molecular weight is 449 g/mol. The van der Waals surface area contributed by atoms with Crippen LogP contribution in [0.2, 0.25) is 0 Å². The molecule has 2 atom stereocenters. The van der Waals surface area contributed by atoms with E-state index in [9.17, 15) is 5.11 Å². The molecule has 24 heavy (non-hydrogen) atoms. The second-order valence-corrected chi connectivity index (χ2v) is 6.18. The normalized spacial score (nSPS) is 18.3. The Bertz CT molecular complexity index is 526. The molecule has 0 aliphatic carbocycles. The summed E-state index contributed by atoms with van der Waals surface area (Å²) in [5.74, 6) is 1.66. The Morgan fingerprint density at radius 1 is 1.42 bits per heavy atom. The number of hydrogen-bond donors (Lipinski definition) is 3. The van der Waals surface area contributed by atoms with Crippen molar-refractivity contribution in [3.63, 3.8) is 0 Å². The fourth-order valence-electron chi connectivity index (χ4n) is 2.41. The number of guanidine groups is 1. The van der Waals surface area contributed by atoms with Crippen molar-refractivity contribution in [3.05, 3.63) is 29.8 Å². The number of hydrogen-bond acceptors (Lipinski definition) is 4. The van der Waals surface area contributed by atoms with Gasteiger partial charge in [-0.2, -0.15) is 0 Å². The van der Waals surface area contributed by atoms with Crippen molar-refractivity contribution in [1.29, 1.82) is 0 Å². The molecule has 6 nitrogen and oxygen atoms in total. The van der Waals surface area contributed by atoms with Gasteiger partial charge in [0.1, 0.15) is 5.75 Å². The highest BCUT2D eigenvalue weighted by atomic mass is 127. The van der Waals surface area contributed by atoms with Crippen LogP contribution in [0.3, 0.4) is 0 Å². The summed E-state index contributed by atoms with van der Waals surface area (Å²) in [5.41, 5.74) is 7.01. The van der Waals surface area contributed by atoms with Gasteiger partial charge in [0.15, 0.2) is 5.96 Å². The van der Waals surface area contributed by atoms with Crippen molar-refractivity contribution in [2.75, 3.05) is 26.4 Å². The Kier molecular flexibility index (Phi) is 9.38. The largest absolute Gasteiger partial charge is 0.493 e. The molecule has 2 rings (SSSR count). The summed E-state index contributed by atoms with van der Waals surface area (Å²) in [6, 6.07) is 7.98. The summed E-state index contributed by atoms with van der Waals surface area (Å²) in [7, 11) is 0. The number of para-hydroxylation sites is 1. The number of nitrogens with one attached hydrogen (secondary N) is 1. The lowest BCUT2D eigenvalue weighted by Crippen LogP contribution is -2.38. The Balaban J connectivity index is 0.00000288. The van der Waals surface area contributed by atoms with Gasteiger partial charge in [0.2, 0.25) is 0 Å². The molecule has 0 bridgehead atoms. The smallest absolute Gasteiger partial charge is 0.189 e. The minimum absolute atomic E-state index is 0. The molecular weight excluding hydrogens is 421 g/mol. The first-order chi connectivity index (χ1) is 11.1. The van der Waals surface area contributed by atoms with Gasteiger partial charge in [-0.1, -0.05) is 32.0 Å².